The molecule has 1 atom stereocenters. The molecule has 2 saturated heterocycles. The maximum absolute atomic E-state index is 12.6. The second-order valence-electron chi connectivity index (χ2n) is 5.56. The lowest BCUT2D eigenvalue weighted by atomic mass is 10.2. The van der Waals surface area contributed by atoms with Crippen LogP contribution in [0.5, 0.6) is 0 Å². The van der Waals surface area contributed by atoms with Gasteiger partial charge >= 0.3 is 0 Å². The average Bonchev–Trinajstić information content (AvgIpc) is 3.09. The molecule has 3 rings (SSSR count). The zero-order valence-corrected chi connectivity index (χ0v) is 14.5. The summed E-state index contributed by atoms with van der Waals surface area (Å²) in [7, 11) is 0. The normalized spacial score (nSPS) is 23.5. The van der Waals surface area contributed by atoms with Crippen molar-refractivity contribution < 1.29 is 4.79 Å². The third kappa shape index (κ3) is 2.95. The number of benzene rings is 1. The summed E-state index contributed by atoms with van der Waals surface area (Å²) < 4.78 is 1.85. The van der Waals surface area contributed by atoms with Gasteiger partial charge in [-0.05, 0) is 66.5 Å². The highest BCUT2D eigenvalue weighted by molar-refractivity contribution is 9.11. The molecule has 1 amide bonds. The SMILES string of the molecule is O=C(c1ccc(Br)cc1Br)N1CCC(N2CCCC2)C1. The summed E-state index contributed by atoms with van der Waals surface area (Å²) >= 11 is 6.91. The maximum atomic E-state index is 12.6. The molecule has 1 unspecified atom stereocenters. The fourth-order valence-corrected chi connectivity index (χ4v) is 4.38. The summed E-state index contributed by atoms with van der Waals surface area (Å²) in [6, 6.07) is 6.31. The molecular weight excluding hydrogens is 384 g/mol. The first kappa shape index (κ1) is 14.5. The number of amides is 1. The fourth-order valence-electron chi connectivity index (χ4n) is 3.16. The Morgan fingerprint density at radius 1 is 1.15 bits per heavy atom. The lowest BCUT2D eigenvalue weighted by Crippen LogP contribution is -2.37. The largest absolute Gasteiger partial charge is 0.337 e. The molecule has 2 fully saturated rings. The average molecular weight is 402 g/mol. The molecule has 0 N–H and O–H groups in total. The Morgan fingerprint density at radius 3 is 2.60 bits per heavy atom. The molecule has 0 saturated carbocycles. The highest BCUT2D eigenvalue weighted by Crippen LogP contribution is 2.26. The van der Waals surface area contributed by atoms with Crippen molar-refractivity contribution in [2.24, 2.45) is 0 Å². The van der Waals surface area contributed by atoms with Crippen molar-refractivity contribution in [2.75, 3.05) is 26.2 Å². The number of carbonyl (C=O) groups is 1. The van der Waals surface area contributed by atoms with Crippen molar-refractivity contribution in [3.63, 3.8) is 0 Å². The third-order valence-electron chi connectivity index (χ3n) is 4.27. The maximum Gasteiger partial charge on any atom is 0.255 e. The van der Waals surface area contributed by atoms with Gasteiger partial charge in [0.05, 0.1) is 5.56 Å². The van der Waals surface area contributed by atoms with E-state index in [1.165, 1.54) is 25.9 Å². The summed E-state index contributed by atoms with van der Waals surface area (Å²) in [5.41, 5.74) is 0.760. The second-order valence-corrected chi connectivity index (χ2v) is 7.33. The molecule has 2 aliphatic rings. The molecule has 2 aliphatic heterocycles. The van der Waals surface area contributed by atoms with Gasteiger partial charge < -0.3 is 4.90 Å². The van der Waals surface area contributed by atoms with Crippen molar-refractivity contribution in [3.05, 3.63) is 32.7 Å². The number of likely N-dealkylation sites (tertiary alicyclic amines) is 2. The molecule has 0 aliphatic carbocycles. The Bertz CT molecular complexity index is 515. The molecule has 1 aromatic rings. The van der Waals surface area contributed by atoms with E-state index in [1.807, 2.05) is 23.1 Å². The highest BCUT2D eigenvalue weighted by Gasteiger charge is 2.32. The van der Waals surface area contributed by atoms with Gasteiger partial charge in [0.2, 0.25) is 0 Å². The summed E-state index contributed by atoms with van der Waals surface area (Å²) in [6.45, 7) is 4.16. The van der Waals surface area contributed by atoms with Crippen molar-refractivity contribution in [1.82, 2.24) is 9.80 Å². The van der Waals surface area contributed by atoms with E-state index < -0.39 is 0 Å². The molecule has 20 heavy (non-hydrogen) atoms. The fraction of sp³-hybridized carbons (Fsp3) is 0.533. The van der Waals surface area contributed by atoms with Crippen LogP contribution in [0.15, 0.2) is 27.1 Å². The smallest absolute Gasteiger partial charge is 0.255 e. The number of nitrogens with zero attached hydrogens (tertiary/aromatic N) is 2. The zero-order valence-electron chi connectivity index (χ0n) is 11.3. The standard InChI is InChI=1S/C15H18Br2N2O/c16-11-3-4-13(14(17)9-11)15(20)19-8-5-12(10-19)18-6-1-2-7-18/h3-4,9,12H,1-2,5-8,10H2. The van der Waals surface area contributed by atoms with E-state index in [0.717, 1.165) is 34.0 Å². The molecule has 108 valence electrons. The molecule has 2 heterocycles. The van der Waals surface area contributed by atoms with Crippen LogP contribution in [0.4, 0.5) is 0 Å². The van der Waals surface area contributed by atoms with Crippen LogP contribution in [0.2, 0.25) is 0 Å². The summed E-state index contributed by atoms with van der Waals surface area (Å²) in [5.74, 6) is 0.145. The van der Waals surface area contributed by atoms with Crippen LogP contribution in [0.25, 0.3) is 0 Å². The molecule has 0 spiro atoms. The zero-order chi connectivity index (χ0) is 14.1. The Hall–Kier alpha value is -0.390. The van der Waals surface area contributed by atoms with Crippen LogP contribution >= 0.6 is 31.9 Å². The molecule has 3 nitrogen and oxygen atoms in total. The van der Waals surface area contributed by atoms with Crippen molar-refractivity contribution in [1.29, 1.82) is 0 Å². The van der Waals surface area contributed by atoms with Gasteiger partial charge in [0.1, 0.15) is 0 Å². The first-order valence-electron chi connectivity index (χ1n) is 7.13. The number of carbonyl (C=O) groups excluding carboxylic acids is 1. The minimum atomic E-state index is 0.145. The minimum absolute atomic E-state index is 0.145. The van der Waals surface area contributed by atoms with Crippen LogP contribution in [0.1, 0.15) is 29.6 Å². The van der Waals surface area contributed by atoms with Gasteiger partial charge in [-0.3, -0.25) is 9.69 Å². The van der Waals surface area contributed by atoms with Gasteiger partial charge in [0.25, 0.3) is 5.91 Å². The lowest BCUT2D eigenvalue weighted by molar-refractivity contribution is 0.0779. The minimum Gasteiger partial charge on any atom is -0.337 e. The predicted octanol–water partition coefficient (Wildman–Crippen LogP) is 3.52. The van der Waals surface area contributed by atoms with Crippen LogP contribution in [0.3, 0.4) is 0 Å². The Morgan fingerprint density at radius 2 is 1.90 bits per heavy atom. The van der Waals surface area contributed by atoms with Gasteiger partial charge in [0, 0.05) is 28.1 Å². The number of halogens is 2. The third-order valence-corrected chi connectivity index (χ3v) is 5.42. The predicted molar refractivity (Wildman–Crippen MR) is 87.0 cm³/mol. The molecule has 0 radical (unpaired) electrons. The van der Waals surface area contributed by atoms with E-state index in [2.05, 4.69) is 36.8 Å². The van der Waals surface area contributed by atoms with E-state index in [-0.39, 0.29) is 5.91 Å². The quantitative estimate of drug-likeness (QED) is 0.756. The van der Waals surface area contributed by atoms with E-state index in [9.17, 15) is 4.79 Å². The molecule has 0 aromatic heterocycles. The van der Waals surface area contributed by atoms with E-state index >= 15 is 0 Å². The summed E-state index contributed by atoms with van der Waals surface area (Å²) in [5, 5.41) is 0. The van der Waals surface area contributed by atoms with Gasteiger partial charge in [-0.15, -0.1) is 0 Å². The second kappa shape index (κ2) is 6.16. The monoisotopic (exact) mass is 400 g/mol. The van der Waals surface area contributed by atoms with E-state index in [1.54, 1.807) is 0 Å². The summed E-state index contributed by atoms with van der Waals surface area (Å²) in [4.78, 5) is 17.1. The van der Waals surface area contributed by atoms with Crippen molar-refractivity contribution in [3.8, 4) is 0 Å². The number of rotatable bonds is 2. The Kier molecular flexibility index (Phi) is 4.48. The molecule has 1 aromatic carbocycles. The lowest BCUT2D eigenvalue weighted by Gasteiger charge is -2.23. The van der Waals surface area contributed by atoms with Gasteiger partial charge in [-0.2, -0.15) is 0 Å². The highest BCUT2D eigenvalue weighted by atomic mass is 79.9. The van der Waals surface area contributed by atoms with Crippen LogP contribution in [0, 0.1) is 0 Å². The first-order valence-corrected chi connectivity index (χ1v) is 8.72. The van der Waals surface area contributed by atoms with Crippen molar-refractivity contribution >= 4 is 37.8 Å². The molecule has 5 heteroatoms. The van der Waals surface area contributed by atoms with Crippen molar-refractivity contribution in [2.45, 2.75) is 25.3 Å². The Labute approximate surface area is 136 Å². The van der Waals surface area contributed by atoms with E-state index in [4.69, 9.17) is 0 Å². The number of hydrogen-bond donors (Lipinski definition) is 0. The Balaban J connectivity index is 1.69. The first-order chi connectivity index (χ1) is 9.65. The van der Waals surface area contributed by atoms with Crippen LogP contribution < -0.4 is 0 Å². The number of hydrogen-bond acceptors (Lipinski definition) is 2. The van der Waals surface area contributed by atoms with E-state index in [0.29, 0.717) is 6.04 Å². The van der Waals surface area contributed by atoms with Crippen LogP contribution in [-0.2, 0) is 0 Å². The summed E-state index contributed by atoms with van der Waals surface area (Å²) in [6.07, 6.45) is 3.73. The van der Waals surface area contributed by atoms with Gasteiger partial charge in [-0.1, -0.05) is 15.9 Å². The molecular formula is C15H18Br2N2O. The van der Waals surface area contributed by atoms with Crippen LogP contribution in [-0.4, -0.2) is 47.9 Å². The van der Waals surface area contributed by atoms with Gasteiger partial charge in [-0.25, -0.2) is 0 Å². The topological polar surface area (TPSA) is 23.6 Å². The van der Waals surface area contributed by atoms with Gasteiger partial charge in [0.15, 0.2) is 0 Å². The molecule has 0 bridgehead atoms.